The fraction of sp³-hybridized carbons (Fsp3) is 0.417. The molecule has 0 aliphatic carbocycles. The third-order valence-corrected chi connectivity index (χ3v) is 3.06. The van der Waals surface area contributed by atoms with Crippen LogP contribution in [-0.4, -0.2) is 40.5 Å². The number of aliphatic hydroxyl groups is 1. The molecule has 1 N–H and O–H groups in total. The second-order valence-electron chi connectivity index (χ2n) is 4.22. The Morgan fingerprint density at radius 3 is 2.89 bits per heavy atom. The summed E-state index contributed by atoms with van der Waals surface area (Å²) >= 11 is 0. The molecule has 0 unspecified atom stereocenters. The lowest BCUT2D eigenvalue weighted by Crippen LogP contribution is -2.38. The van der Waals surface area contributed by atoms with Gasteiger partial charge in [-0.25, -0.2) is 0 Å². The number of nitro benzene ring substituents is 1. The predicted molar refractivity (Wildman–Crippen MR) is 64.4 cm³/mol. The average molecular weight is 250 g/mol. The second kappa shape index (κ2) is 5.14. The summed E-state index contributed by atoms with van der Waals surface area (Å²) in [5.41, 5.74) is 1.20. The highest BCUT2D eigenvalue weighted by Crippen LogP contribution is 2.23. The quantitative estimate of drug-likeness (QED) is 0.637. The number of amides is 1. The van der Waals surface area contributed by atoms with Gasteiger partial charge in [-0.3, -0.25) is 14.9 Å². The number of benzene rings is 1. The van der Waals surface area contributed by atoms with Crippen LogP contribution in [0.15, 0.2) is 18.2 Å². The molecule has 1 aliphatic heterocycles. The highest BCUT2D eigenvalue weighted by Gasteiger charge is 2.25. The summed E-state index contributed by atoms with van der Waals surface area (Å²) in [5.74, 6) is -0.187. The third-order valence-electron chi connectivity index (χ3n) is 3.06. The summed E-state index contributed by atoms with van der Waals surface area (Å²) in [5, 5.41) is 19.5. The van der Waals surface area contributed by atoms with Crippen molar-refractivity contribution in [1.29, 1.82) is 0 Å². The van der Waals surface area contributed by atoms with Gasteiger partial charge in [0.05, 0.1) is 4.92 Å². The summed E-state index contributed by atoms with van der Waals surface area (Å²) in [6.45, 7) is 1.12. The van der Waals surface area contributed by atoms with Crippen molar-refractivity contribution >= 4 is 11.6 Å². The van der Waals surface area contributed by atoms with E-state index in [0.717, 1.165) is 5.56 Å². The van der Waals surface area contributed by atoms with E-state index in [1.807, 2.05) is 0 Å². The molecule has 1 aliphatic rings. The molecular weight excluding hydrogens is 236 g/mol. The fourth-order valence-corrected chi connectivity index (χ4v) is 2.10. The number of aliphatic hydroxyl groups excluding tert-OH is 1. The maximum absolute atomic E-state index is 12.1. The van der Waals surface area contributed by atoms with Gasteiger partial charge >= 0.3 is 0 Å². The van der Waals surface area contributed by atoms with Crippen LogP contribution in [0.25, 0.3) is 0 Å². The molecular formula is C12H14N2O4. The Morgan fingerprint density at radius 1 is 1.44 bits per heavy atom. The molecule has 1 aromatic rings. The molecule has 0 saturated heterocycles. The maximum Gasteiger partial charge on any atom is 0.270 e. The lowest BCUT2D eigenvalue weighted by molar-refractivity contribution is -0.384. The van der Waals surface area contributed by atoms with E-state index < -0.39 is 4.92 Å². The number of nitro groups is 1. The minimum atomic E-state index is -0.500. The van der Waals surface area contributed by atoms with E-state index in [4.69, 9.17) is 5.11 Å². The van der Waals surface area contributed by atoms with Gasteiger partial charge in [-0.15, -0.1) is 0 Å². The highest BCUT2D eigenvalue weighted by molar-refractivity contribution is 5.97. The van der Waals surface area contributed by atoms with Crippen LogP contribution in [0.5, 0.6) is 0 Å². The third kappa shape index (κ3) is 2.33. The molecule has 6 heteroatoms. The van der Waals surface area contributed by atoms with Gasteiger partial charge in [0.15, 0.2) is 0 Å². The summed E-state index contributed by atoms with van der Waals surface area (Å²) in [4.78, 5) is 23.9. The Labute approximate surface area is 104 Å². The van der Waals surface area contributed by atoms with Gasteiger partial charge < -0.3 is 10.0 Å². The maximum atomic E-state index is 12.1. The van der Waals surface area contributed by atoms with Crippen LogP contribution in [0.3, 0.4) is 0 Å². The van der Waals surface area contributed by atoms with Crippen molar-refractivity contribution in [3.8, 4) is 0 Å². The smallest absolute Gasteiger partial charge is 0.270 e. The number of hydrogen-bond donors (Lipinski definition) is 1. The van der Waals surface area contributed by atoms with Crippen molar-refractivity contribution < 1.29 is 14.8 Å². The van der Waals surface area contributed by atoms with E-state index >= 15 is 0 Å². The minimum Gasteiger partial charge on any atom is -0.396 e. The fourth-order valence-electron chi connectivity index (χ4n) is 2.10. The molecule has 96 valence electrons. The molecule has 0 atom stereocenters. The van der Waals surface area contributed by atoms with E-state index in [-0.39, 0.29) is 18.2 Å². The van der Waals surface area contributed by atoms with Gasteiger partial charge in [-0.1, -0.05) is 6.07 Å². The van der Waals surface area contributed by atoms with E-state index in [1.165, 1.54) is 12.1 Å². The zero-order valence-corrected chi connectivity index (χ0v) is 9.83. The normalized spacial score (nSPS) is 14.5. The van der Waals surface area contributed by atoms with Crippen LogP contribution in [0.2, 0.25) is 0 Å². The molecule has 18 heavy (non-hydrogen) atoms. The molecule has 1 heterocycles. The van der Waals surface area contributed by atoms with Crippen LogP contribution in [0.4, 0.5) is 5.69 Å². The first-order valence-electron chi connectivity index (χ1n) is 5.81. The number of carbonyl (C=O) groups is 1. The van der Waals surface area contributed by atoms with Gasteiger partial charge in [0.2, 0.25) is 0 Å². The lowest BCUT2D eigenvalue weighted by atomic mass is 9.98. The van der Waals surface area contributed by atoms with E-state index in [9.17, 15) is 14.9 Å². The number of hydrogen-bond acceptors (Lipinski definition) is 4. The molecule has 0 fully saturated rings. The molecule has 0 aromatic heterocycles. The molecule has 0 spiro atoms. The van der Waals surface area contributed by atoms with Gasteiger partial charge in [0.25, 0.3) is 11.6 Å². The van der Waals surface area contributed by atoms with Crippen LogP contribution in [-0.2, 0) is 6.42 Å². The highest BCUT2D eigenvalue weighted by atomic mass is 16.6. The Bertz CT molecular complexity index is 487. The second-order valence-corrected chi connectivity index (χ2v) is 4.22. The molecule has 0 radical (unpaired) electrons. The van der Waals surface area contributed by atoms with Gasteiger partial charge in [0.1, 0.15) is 0 Å². The largest absolute Gasteiger partial charge is 0.396 e. The Hall–Kier alpha value is -1.95. The van der Waals surface area contributed by atoms with Crippen LogP contribution >= 0.6 is 0 Å². The predicted octanol–water partition coefficient (Wildman–Crippen LogP) is 0.976. The van der Waals surface area contributed by atoms with Crippen molar-refractivity contribution in [2.45, 2.75) is 12.8 Å². The summed E-state index contributed by atoms with van der Waals surface area (Å²) in [7, 11) is 0. The Balaban J connectivity index is 2.26. The van der Waals surface area contributed by atoms with Crippen LogP contribution in [0.1, 0.15) is 22.3 Å². The van der Waals surface area contributed by atoms with E-state index in [0.29, 0.717) is 31.5 Å². The monoisotopic (exact) mass is 250 g/mol. The van der Waals surface area contributed by atoms with Crippen molar-refractivity contribution in [1.82, 2.24) is 4.90 Å². The number of carbonyl (C=O) groups excluding carboxylic acids is 1. The van der Waals surface area contributed by atoms with Crippen LogP contribution in [0, 0.1) is 10.1 Å². The van der Waals surface area contributed by atoms with Crippen molar-refractivity contribution in [3.63, 3.8) is 0 Å². The number of rotatable bonds is 4. The summed E-state index contributed by atoms with van der Waals surface area (Å²) in [6, 6.07) is 4.41. The van der Waals surface area contributed by atoms with Gasteiger partial charge in [-0.2, -0.15) is 0 Å². The SMILES string of the molecule is O=C1c2cc([N+](=O)[O-])ccc2CCN1CCCO. The van der Waals surface area contributed by atoms with E-state index in [2.05, 4.69) is 0 Å². The minimum absolute atomic E-state index is 0.0333. The zero-order chi connectivity index (χ0) is 13.1. The number of fused-ring (bicyclic) bond motifs is 1. The molecule has 0 bridgehead atoms. The molecule has 1 aromatic carbocycles. The lowest BCUT2D eigenvalue weighted by Gasteiger charge is -2.28. The number of non-ortho nitro benzene ring substituents is 1. The Kier molecular flexibility index (Phi) is 3.57. The molecule has 0 saturated carbocycles. The first kappa shape index (κ1) is 12.5. The van der Waals surface area contributed by atoms with Gasteiger partial charge in [0, 0.05) is 37.4 Å². The van der Waals surface area contributed by atoms with Crippen molar-refractivity contribution in [2.24, 2.45) is 0 Å². The average Bonchev–Trinajstić information content (AvgIpc) is 2.37. The Morgan fingerprint density at radius 2 is 2.22 bits per heavy atom. The first-order valence-corrected chi connectivity index (χ1v) is 5.81. The topological polar surface area (TPSA) is 83.7 Å². The van der Waals surface area contributed by atoms with Crippen molar-refractivity contribution in [2.75, 3.05) is 19.7 Å². The van der Waals surface area contributed by atoms with Crippen LogP contribution < -0.4 is 0 Å². The first-order chi connectivity index (χ1) is 8.63. The summed E-state index contributed by atoms with van der Waals surface area (Å²) < 4.78 is 0. The van der Waals surface area contributed by atoms with Gasteiger partial charge in [-0.05, 0) is 18.4 Å². The molecule has 6 nitrogen and oxygen atoms in total. The number of nitrogens with zero attached hydrogens (tertiary/aromatic N) is 2. The zero-order valence-electron chi connectivity index (χ0n) is 9.83. The summed E-state index contributed by atoms with van der Waals surface area (Å²) in [6.07, 6.45) is 1.22. The van der Waals surface area contributed by atoms with E-state index in [1.54, 1.807) is 11.0 Å². The standard InChI is InChI=1S/C12H14N2O4/c15-7-1-5-13-6-4-9-2-3-10(14(17)18)8-11(9)12(13)16/h2-3,8,15H,1,4-7H2. The molecule has 2 rings (SSSR count). The van der Waals surface area contributed by atoms with Crippen molar-refractivity contribution in [3.05, 3.63) is 39.4 Å². The molecule has 1 amide bonds.